The number of likely N-dealkylation sites (tertiary alicyclic amines) is 1. The Morgan fingerprint density at radius 3 is 2.89 bits per heavy atom. The molecule has 4 heteroatoms. The molecule has 3 unspecified atom stereocenters. The van der Waals surface area contributed by atoms with Crippen LogP contribution in [0.4, 0.5) is 0 Å². The lowest BCUT2D eigenvalue weighted by molar-refractivity contribution is -0.122. The molecule has 4 nitrogen and oxygen atoms in total. The van der Waals surface area contributed by atoms with Gasteiger partial charge in [0.15, 0.2) is 0 Å². The van der Waals surface area contributed by atoms with Crippen molar-refractivity contribution < 1.29 is 4.79 Å². The monoisotopic (exact) mass is 265 g/mol. The molecule has 0 spiro atoms. The van der Waals surface area contributed by atoms with E-state index in [-0.39, 0.29) is 5.91 Å². The van der Waals surface area contributed by atoms with Gasteiger partial charge in [-0.1, -0.05) is 0 Å². The molecule has 3 atom stereocenters. The van der Waals surface area contributed by atoms with E-state index < -0.39 is 0 Å². The maximum atomic E-state index is 12.0. The van der Waals surface area contributed by atoms with E-state index >= 15 is 0 Å². The van der Waals surface area contributed by atoms with Gasteiger partial charge in [-0.3, -0.25) is 9.69 Å². The predicted molar refractivity (Wildman–Crippen MR) is 75.9 cm³/mol. The summed E-state index contributed by atoms with van der Waals surface area (Å²) in [5, 5.41) is 6.61. The zero-order valence-electron chi connectivity index (χ0n) is 12.0. The first kappa shape index (κ1) is 13.4. The lowest BCUT2D eigenvalue weighted by Crippen LogP contribution is -2.37. The van der Waals surface area contributed by atoms with E-state index in [1.54, 1.807) is 0 Å². The predicted octanol–water partition coefficient (Wildman–Crippen LogP) is 1.12. The van der Waals surface area contributed by atoms with Crippen LogP contribution < -0.4 is 10.6 Å². The summed E-state index contributed by atoms with van der Waals surface area (Å²) in [6, 6.07) is 1.86. The molecule has 3 fully saturated rings. The second-order valence-electron chi connectivity index (χ2n) is 6.67. The second-order valence-corrected chi connectivity index (χ2v) is 6.67. The fourth-order valence-corrected chi connectivity index (χ4v) is 3.67. The van der Waals surface area contributed by atoms with Crippen molar-refractivity contribution >= 4 is 5.91 Å². The number of nitrogens with one attached hydrogen (secondary N) is 2. The van der Waals surface area contributed by atoms with Gasteiger partial charge < -0.3 is 10.6 Å². The molecule has 2 saturated heterocycles. The molecule has 1 aliphatic carbocycles. The van der Waals surface area contributed by atoms with Crippen molar-refractivity contribution in [3.63, 3.8) is 0 Å². The highest BCUT2D eigenvalue weighted by molar-refractivity contribution is 5.76. The molecule has 1 saturated carbocycles. The van der Waals surface area contributed by atoms with Gasteiger partial charge in [-0.15, -0.1) is 0 Å². The van der Waals surface area contributed by atoms with Crippen LogP contribution in [-0.2, 0) is 4.79 Å². The summed E-state index contributed by atoms with van der Waals surface area (Å²) in [7, 11) is 0. The van der Waals surface area contributed by atoms with Crippen LogP contribution in [0.1, 0.15) is 45.4 Å². The van der Waals surface area contributed by atoms with Gasteiger partial charge in [0.05, 0.1) is 0 Å². The fourth-order valence-electron chi connectivity index (χ4n) is 3.67. The lowest BCUT2D eigenvalue weighted by Gasteiger charge is -2.19. The number of hydrogen-bond acceptors (Lipinski definition) is 3. The Hall–Kier alpha value is -0.610. The third-order valence-corrected chi connectivity index (χ3v) is 4.95. The van der Waals surface area contributed by atoms with Gasteiger partial charge >= 0.3 is 0 Å². The number of hydrogen-bond donors (Lipinski definition) is 2. The van der Waals surface area contributed by atoms with Crippen molar-refractivity contribution in [2.24, 2.45) is 5.92 Å². The van der Waals surface area contributed by atoms with Crippen LogP contribution in [0.3, 0.4) is 0 Å². The van der Waals surface area contributed by atoms with Crippen molar-refractivity contribution in [1.29, 1.82) is 0 Å². The van der Waals surface area contributed by atoms with Crippen LogP contribution in [0.5, 0.6) is 0 Å². The van der Waals surface area contributed by atoms with Crippen LogP contribution in [0.25, 0.3) is 0 Å². The Morgan fingerprint density at radius 2 is 2.21 bits per heavy atom. The number of carbonyl (C=O) groups excluding carboxylic acids is 1. The van der Waals surface area contributed by atoms with E-state index in [4.69, 9.17) is 0 Å². The quantitative estimate of drug-likeness (QED) is 0.783. The van der Waals surface area contributed by atoms with E-state index in [9.17, 15) is 4.79 Å². The summed E-state index contributed by atoms with van der Waals surface area (Å²) in [5.41, 5.74) is 0. The molecule has 0 aromatic rings. The van der Waals surface area contributed by atoms with E-state index in [0.29, 0.717) is 18.5 Å². The zero-order chi connectivity index (χ0) is 13.2. The summed E-state index contributed by atoms with van der Waals surface area (Å²) in [6.45, 7) is 5.60. The second kappa shape index (κ2) is 5.80. The maximum absolute atomic E-state index is 12.0. The van der Waals surface area contributed by atoms with Crippen LogP contribution >= 0.6 is 0 Å². The first-order chi connectivity index (χ1) is 9.22. The Bertz CT molecular complexity index is 323. The first-order valence-corrected chi connectivity index (χ1v) is 7.98. The highest BCUT2D eigenvalue weighted by Gasteiger charge is 2.39. The molecule has 19 heavy (non-hydrogen) atoms. The largest absolute Gasteiger partial charge is 0.352 e. The van der Waals surface area contributed by atoms with E-state index in [2.05, 4.69) is 22.5 Å². The molecule has 3 aliphatic rings. The third-order valence-electron chi connectivity index (χ3n) is 4.95. The Balaban J connectivity index is 1.37. The van der Waals surface area contributed by atoms with E-state index in [0.717, 1.165) is 44.4 Å². The number of nitrogens with zero attached hydrogens (tertiary/aromatic N) is 1. The number of carbonyl (C=O) groups is 1. The normalized spacial score (nSPS) is 35.7. The SMILES string of the molecule is CC1CC(NC(=O)CCC2CCNC2)CN1C1CC1. The molecular weight excluding hydrogens is 238 g/mol. The van der Waals surface area contributed by atoms with Gasteiger partial charge in [-0.2, -0.15) is 0 Å². The minimum absolute atomic E-state index is 0.266. The molecule has 0 aromatic heterocycles. The van der Waals surface area contributed by atoms with Crippen molar-refractivity contribution in [2.75, 3.05) is 19.6 Å². The number of amides is 1. The van der Waals surface area contributed by atoms with Crippen LogP contribution in [-0.4, -0.2) is 48.6 Å². The molecule has 2 heterocycles. The molecule has 1 amide bonds. The average molecular weight is 265 g/mol. The Morgan fingerprint density at radius 1 is 1.37 bits per heavy atom. The molecule has 2 aliphatic heterocycles. The van der Waals surface area contributed by atoms with Gasteiger partial charge in [-0.25, -0.2) is 0 Å². The van der Waals surface area contributed by atoms with Gasteiger partial charge in [0, 0.05) is 31.1 Å². The highest BCUT2D eigenvalue weighted by Crippen LogP contribution is 2.33. The van der Waals surface area contributed by atoms with Crippen LogP contribution in [0.15, 0.2) is 0 Å². The van der Waals surface area contributed by atoms with Crippen molar-refractivity contribution in [2.45, 2.75) is 63.6 Å². The summed E-state index contributed by atoms with van der Waals surface area (Å²) < 4.78 is 0. The van der Waals surface area contributed by atoms with Crippen molar-refractivity contribution in [3.05, 3.63) is 0 Å². The van der Waals surface area contributed by atoms with Crippen LogP contribution in [0.2, 0.25) is 0 Å². The van der Waals surface area contributed by atoms with Crippen molar-refractivity contribution in [3.8, 4) is 0 Å². The Kier molecular flexibility index (Phi) is 4.08. The molecule has 108 valence electrons. The van der Waals surface area contributed by atoms with Gasteiger partial charge in [0.25, 0.3) is 0 Å². The zero-order valence-corrected chi connectivity index (χ0v) is 12.0. The molecule has 0 bridgehead atoms. The van der Waals surface area contributed by atoms with Crippen LogP contribution in [0, 0.1) is 5.92 Å². The maximum Gasteiger partial charge on any atom is 0.220 e. The third kappa shape index (κ3) is 3.48. The summed E-state index contributed by atoms with van der Waals surface area (Å²) >= 11 is 0. The van der Waals surface area contributed by atoms with E-state index in [1.165, 1.54) is 19.3 Å². The minimum atomic E-state index is 0.266. The molecular formula is C15H27N3O. The molecule has 0 aromatic carbocycles. The smallest absolute Gasteiger partial charge is 0.220 e. The summed E-state index contributed by atoms with van der Waals surface area (Å²) in [5.74, 6) is 0.984. The lowest BCUT2D eigenvalue weighted by atomic mass is 10.0. The van der Waals surface area contributed by atoms with E-state index in [1.807, 2.05) is 0 Å². The average Bonchev–Trinajstić information content (AvgIpc) is 2.96. The minimum Gasteiger partial charge on any atom is -0.352 e. The Labute approximate surface area is 116 Å². The summed E-state index contributed by atoms with van der Waals surface area (Å²) in [4.78, 5) is 14.6. The van der Waals surface area contributed by atoms with Gasteiger partial charge in [0.2, 0.25) is 5.91 Å². The highest BCUT2D eigenvalue weighted by atomic mass is 16.1. The van der Waals surface area contributed by atoms with Gasteiger partial charge in [-0.05, 0) is 58.0 Å². The molecule has 0 radical (unpaired) electrons. The molecule has 2 N–H and O–H groups in total. The standard InChI is InChI=1S/C15H27N3O/c1-11-8-13(10-18(11)14-3-4-14)17-15(19)5-2-12-6-7-16-9-12/h11-14,16H,2-10H2,1H3,(H,17,19). The molecule has 3 rings (SSSR count). The topological polar surface area (TPSA) is 44.4 Å². The number of rotatable bonds is 5. The summed E-state index contributed by atoms with van der Waals surface area (Å²) in [6.07, 6.45) is 6.85. The van der Waals surface area contributed by atoms with Crippen molar-refractivity contribution in [1.82, 2.24) is 15.5 Å². The first-order valence-electron chi connectivity index (χ1n) is 7.98. The fraction of sp³-hybridized carbons (Fsp3) is 0.933. The van der Waals surface area contributed by atoms with Gasteiger partial charge in [0.1, 0.15) is 0 Å².